The normalized spacial score (nSPS) is 21.8. The molecule has 1 aromatic rings. The molecule has 2 N–H and O–H groups in total. The molecule has 1 saturated carbocycles. The first-order valence-corrected chi connectivity index (χ1v) is 5.36. The number of rotatable bonds is 2. The molecule has 0 unspecified atom stereocenters. The lowest BCUT2D eigenvalue weighted by Crippen LogP contribution is -2.04. The lowest BCUT2D eigenvalue weighted by atomic mass is 10.1. The average Bonchev–Trinajstić information content (AvgIpc) is 2.94. The number of nitrogens with zero attached hydrogens (tertiary/aromatic N) is 2. The fourth-order valence-electron chi connectivity index (χ4n) is 1.84. The van der Waals surface area contributed by atoms with Crippen LogP contribution in [0.2, 0.25) is 0 Å². The van der Waals surface area contributed by atoms with E-state index in [2.05, 4.69) is 20.4 Å². The Labute approximate surface area is 92.0 Å². The molecule has 3 rings (SSSR count). The van der Waals surface area contributed by atoms with Gasteiger partial charge in [-0.15, -0.1) is 0 Å². The van der Waals surface area contributed by atoms with Crippen LogP contribution in [0.25, 0.3) is 6.08 Å². The molecule has 0 bridgehead atoms. The van der Waals surface area contributed by atoms with Crippen molar-refractivity contribution in [3.05, 3.63) is 27.2 Å². The van der Waals surface area contributed by atoms with Crippen LogP contribution in [-0.2, 0) is 0 Å². The van der Waals surface area contributed by atoms with Crippen LogP contribution in [0.4, 0.5) is 0 Å². The summed E-state index contributed by atoms with van der Waals surface area (Å²) in [6.07, 6.45) is 5.85. The summed E-state index contributed by atoms with van der Waals surface area (Å²) in [5.41, 5.74) is 3.43. The van der Waals surface area contributed by atoms with Crippen molar-refractivity contribution in [2.24, 2.45) is 10.2 Å². The lowest BCUT2D eigenvalue weighted by Gasteiger charge is -1.96. The van der Waals surface area contributed by atoms with Crippen LogP contribution in [0.15, 0.2) is 20.6 Å². The van der Waals surface area contributed by atoms with Gasteiger partial charge in [-0.3, -0.25) is 9.89 Å². The summed E-state index contributed by atoms with van der Waals surface area (Å²) in [5.74, 6) is 0.515. The summed E-state index contributed by atoms with van der Waals surface area (Å²) in [4.78, 5) is 11.7. The first kappa shape index (κ1) is 9.33. The van der Waals surface area contributed by atoms with Gasteiger partial charge in [-0.1, -0.05) is 0 Å². The van der Waals surface area contributed by atoms with Gasteiger partial charge in [0.05, 0.1) is 17.5 Å². The zero-order valence-electron chi connectivity index (χ0n) is 8.95. The summed E-state index contributed by atoms with van der Waals surface area (Å²) in [5, 5.41) is 13.3. The van der Waals surface area contributed by atoms with Crippen LogP contribution >= 0.6 is 0 Å². The van der Waals surface area contributed by atoms with Gasteiger partial charge in [-0.05, 0) is 25.8 Å². The second-order valence-electron chi connectivity index (χ2n) is 4.21. The van der Waals surface area contributed by atoms with E-state index in [0.29, 0.717) is 5.92 Å². The molecular formula is C11H12N4O. The van der Waals surface area contributed by atoms with Crippen LogP contribution in [-0.4, -0.2) is 22.1 Å². The molecule has 5 heteroatoms. The Morgan fingerprint density at radius 3 is 2.88 bits per heavy atom. The molecule has 0 aromatic carbocycles. The minimum atomic E-state index is -0.0671. The molecular weight excluding hydrogens is 204 g/mol. The van der Waals surface area contributed by atoms with Crippen LogP contribution in [0, 0.1) is 0 Å². The molecule has 0 atom stereocenters. The highest BCUT2D eigenvalue weighted by Crippen LogP contribution is 2.40. The molecule has 0 saturated heterocycles. The summed E-state index contributed by atoms with van der Waals surface area (Å²) in [6.45, 7) is 1.89. The van der Waals surface area contributed by atoms with E-state index in [1.54, 1.807) is 6.21 Å². The Morgan fingerprint density at radius 1 is 1.44 bits per heavy atom. The van der Waals surface area contributed by atoms with Crippen molar-refractivity contribution in [1.29, 1.82) is 0 Å². The molecule has 1 aromatic heterocycles. The van der Waals surface area contributed by atoms with Crippen LogP contribution in [0.3, 0.4) is 0 Å². The summed E-state index contributed by atoms with van der Waals surface area (Å²) >= 11 is 0. The fraction of sp³-hybridized carbons (Fsp3) is 0.364. The SMILES string of the molecule is CC1=NN=CC1=Cc1c(C2CC2)[nH][nH]c1=O. The number of H-pyrrole nitrogens is 2. The first-order valence-electron chi connectivity index (χ1n) is 5.36. The van der Waals surface area contributed by atoms with Gasteiger partial charge in [0.25, 0.3) is 5.56 Å². The maximum atomic E-state index is 11.7. The Bertz CT molecular complexity index is 569. The van der Waals surface area contributed by atoms with Gasteiger partial charge in [0.2, 0.25) is 0 Å². The number of nitrogens with one attached hydrogen (secondary N) is 2. The zero-order chi connectivity index (χ0) is 11.1. The van der Waals surface area contributed by atoms with E-state index in [4.69, 9.17) is 0 Å². The van der Waals surface area contributed by atoms with Gasteiger partial charge in [0.1, 0.15) is 0 Å². The highest BCUT2D eigenvalue weighted by Gasteiger charge is 2.28. The average molecular weight is 216 g/mol. The molecule has 0 amide bonds. The van der Waals surface area contributed by atoms with Gasteiger partial charge in [-0.25, -0.2) is 0 Å². The second kappa shape index (κ2) is 3.30. The molecule has 1 aliphatic carbocycles. The third-order valence-corrected chi connectivity index (χ3v) is 2.95. The van der Waals surface area contributed by atoms with E-state index < -0.39 is 0 Å². The van der Waals surface area contributed by atoms with Crippen molar-refractivity contribution in [1.82, 2.24) is 10.2 Å². The molecule has 82 valence electrons. The van der Waals surface area contributed by atoms with Gasteiger partial charge >= 0.3 is 0 Å². The standard InChI is InChI=1S/C11H12N4O/c1-6-8(5-12-13-6)4-9-10(7-2-3-7)14-15-11(9)16/h4-5,7H,2-3H2,1H3,(H2,14,15,16). The number of aromatic nitrogens is 2. The maximum absolute atomic E-state index is 11.7. The quantitative estimate of drug-likeness (QED) is 0.771. The van der Waals surface area contributed by atoms with E-state index in [1.165, 1.54) is 0 Å². The topological polar surface area (TPSA) is 73.4 Å². The predicted octanol–water partition coefficient (Wildman–Crippen LogP) is 1.42. The van der Waals surface area contributed by atoms with Crippen molar-refractivity contribution < 1.29 is 0 Å². The van der Waals surface area contributed by atoms with E-state index in [0.717, 1.165) is 35.4 Å². The lowest BCUT2D eigenvalue weighted by molar-refractivity contribution is 0.955. The third-order valence-electron chi connectivity index (χ3n) is 2.95. The van der Waals surface area contributed by atoms with Gasteiger partial charge in [-0.2, -0.15) is 10.2 Å². The Hall–Kier alpha value is -1.91. The van der Waals surface area contributed by atoms with Gasteiger partial charge in [0, 0.05) is 17.2 Å². The van der Waals surface area contributed by atoms with Crippen molar-refractivity contribution in [2.45, 2.75) is 25.7 Å². The number of hydrogen-bond acceptors (Lipinski definition) is 3. The summed E-state index contributed by atoms with van der Waals surface area (Å²) < 4.78 is 0. The Kier molecular flexibility index (Phi) is 1.92. The Balaban J connectivity index is 2.06. The molecule has 16 heavy (non-hydrogen) atoms. The van der Waals surface area contributed by atoms with E-state index in [1.807, 2.05) is 13.0 Å². The molecule has 1 aliphatic heterocycles. The van der Waals surface area contributed by atoms with Crippen molar-refractivity contribution in [3.8, 4) is 0 Å². The Morgan fingerprint density at radius 2 is 2.25 bits per heavy atom. The molecule has 2 heterocycles. The minimum Gasteiger partial charge on any atom is -0.301 e. The van der Waals surface area contributed by atoms with Gasteiger partial charge in [0.15, 0.2) is 0 Å². The molecule has 0 radical (unpaired) electrons. The third kappa shape index (κ3) is 1.44. The second-order valence-corrected chi connectivity index (χ2v) is 4.21. The first-order chi connectivity index (χ1) is 7.75. The minimum absolute atomic E-state index is 0.0671. The molecule has 5 nitrogen and oxygen atoms in total. The van der Waals surface area contributed by atoms with Crippen molar-refractivity contribution in [3.63, 3.8) is 0 Å². The fourth-order valence-corrected chi connectivity index (χ4v) is 1.84. The highest BCUT2D eigenvalue weighted by atomic mass is 16.1. The van der Waals surface area contributed by atoms with Gasteiger partial charge < -0.3 is 5.10 Å². The van der Waals surface area contributed by atoms with Crippen LogP contribution in [0.1, 0.15) is 36.9 Å². The van der Waals surface area contributed by atoms with E-state index in [-0.39, 0.29) is 5.56 Å². The number of allylic oxidation sites excluding steroid dienone is 1. The van der Waals surface area contributed by atoms with E-state index in [9.17, 15) is 4.79 Å². The summed E-state index contributed by atoms with van der Waals surface area (Å²) in [6, 6.07) is 0. The molecule has 0 spiro atoms. The van der Waals surface area contributed by atoms with Crippen LogP contribution in [0.5, 0.6) is 0 Å². The zero-order valence-corrected chi connectivity index (χ0v) is 8.95. The van der Waals surface area contributed by atoms with Crippen molar-refractivity contribution in [2.75, 3.05) is 0 Å². The summed E-state index contributed by atoms with van der Waals surface area (Å²) in [7, 11) is 0. The predicted molar refractivity (Wildman–Crippen MR) is 63.0 cm³/mol. The van der Waals surface area contributed by atoms with E-state index >= 15 is 0 Å². The molecule has 2 aliphatic rings. The highest BCUT2D eigenvalue weighted by molar-refractivity contribution is 6.20. The largest absolute Gasteiger partial charge is 0.301 e. The van der Waals surface area contributed by atoms with Crippen molar-refractivity contribution >= 4 is 18.0 Å². The number of hydrogen-bond donors (Lipinski definition) is 2. The maximum Gasteiger partial charge on any atom is 0.271 e. The molecule has 1 fully saturated rings. The van der Waals surface area contributed by atoms with Crippen LogP contribution < -0.4 is 5.56 Å². The monoisotopic (exact) mass is 216 g/mol. The smallest absolute Gasteiger partial charge is 0.271 e. The number of aromatic amines is 2.